The number of allylic oxidation sites excluding steroid dienone is 6. The summed E-state index contributed by atoms with van der Waals surface area (Å²) in [6.07, 6.45) is 42.5. The third-order valence-electron chi connectivity index (χ3n) is 9.86. The van der Waals surface area contributed by atoms with E-state index < -0.39 is 51.8 Å². The highest BCUT2D eigenvalue weighted by Crippen LogP contribution is 2.43. The van der Waals surface area contributed by atoms with Crippen LogP contribution >= 0.6 is 7.82 Å². The molecular weight excluding hydrogens is 759 g/mol. The number of hydrogen-bond donors (Lipinski definition) is 3. The van der Waals surface area contributed by atoms with Crippen molar-refractivity contribution in [2.75, 3.05) is 26.4 Å². The third-order valence-corrected chi connectivity index (χ3v) is 10.8. The standard InChI is InChI=1S/C46H81O11P/c1-3-5-7-9-11-12-13-14-15-16-17-18-19-20-23-28-32-36-46(50)56-42(40-55-58(51,52)54-38-41(48)37-47)39-53-45(49)35-31-27-24-21-22-26-30-34-44-43(57-44)33-29-25-10-8-6-4-2/h14-15,21,24-26,29-30,41-44,47-48H,3-13,16-20,22-23,27-28,31-40H2,1-2H3,(H,51,52)/b15-14-,24-21-,29-25-,30-26-/t41-,42+,43?,44?/m0/s1. The Morgan fingerprint density at radius 2 is 1.07 bits per heavy atom. The van der Waals surface area contributed by atoms with Crippen LogP contribution in [0.25, 0.3) is 0 Å². The third kappa shape index (κ3) is 34.7. The van der Waals surface area contributed by atoms with Gasteiger partial charge in [-0.2, -0.15) is 0 Å². The number of ether oxygens (including phenoxy) is 3. The fraction of sp³-hybridized carbons (Fsp3) is 0.783. The van der Waals surface area contributed by atoms with E-state index in [1.54, 1.807) is 0 Å². The Hall–Kier alpha value is -2.11. The summed E-state index contributed by atoms with van der Waals surface area (Å²) in [5.74, 6) is -1.00. The maximum atomic E-state index is 12.6. The van der Waals surface area contributed by atoms with Gasteiger partial charge in [-0.25, -0.2) is 4.57 Å². The van der Waals surface area contributed by atoms with E-state index in [4.69, 9.17) is 23.8 Å². The summed E-state index contributed by atoms with van der Waals surface area (Å²) in [7, 11) is -4.64. The summed E-state index contributed by atoms with van der Waals surface area (Å²) in [6.45, 7) is 2.27. The van der Waals surface area contributed by atoms with Gasteiger partial charge in [-0.1, -0.05) is 140 Å². The van der Waals surface area contributed by atoms with E-state index in [9.17, 15) is 24.2 Å². The largest absolute Gasteiger partial charge is 0.472 e. The van der Waals surface area contributed by atoms with Gasteiger partial charge in [0.15, 0.2) is 6.10 Å². The highest BCUT2D eigenvalue weighted by molar-refractivity contribution is 7.47. The summed E-state index contributed by atoms with van der Waals surface area (Å²) in [4.78, 5) is 35.0. The first-order valence-corrected chi connectivity index (χ1v) is 24.2. The summed E-state index contributed by atoms with van der Waals surface area (Å²) in [5.41, 5.74) is 0. The average molecular weight is 841 g/mol. The second-order valence-electron chi connectivity index (χ2n) is 15.5. The van der Waals surface area contributed by atoms with Crippen LogP contribution in [0.5, 0.6) is 0 Å². The quantitative estimate of drug-likeness (QED) is 0.0177. The lowest BCUT2D eigenvalue weighted by atomic mass is 10.1. The number of aliphatic hydroxyl groups is 2. The highest BCUT2D eigenvalue weighted by Gasteiger charge is 2.36. The molecule has 0 amide bonds. The van der Waals surface area contributed by atoms with Gasteiger partial charge in [0.05, 0.1) is 32.0 Å². The summed E-state index contributed by atoms with van der Waals surface area (Å²) >= 11 is 0. The molecule has 0 aromatic carbocycles. The molecule has 0 aromatic heterocycles. The number of epoxide rings is 1. The summed E-state index contributed by atoms with van der Waals surface area (Å²) in [6, 6.07) is 0. The highest BCUT2D eigenvalue weighted by atomic mass is 31.2. The van der Waals surface area contributed by atoms with E-state index in [0.717, 1.165) is 51.4 Å². The fourth-order valence-corrected chi connectivity index (χ4v) is 6.99. The van der Waals surface area contributed by atoms with E-state index in [1.807, 2.05) is 6.08 Å². The number of unbranched alkanes of at least 4 members (excludes halogenated alkanes) is 17. The van der Waals surface area contributed by atoms with Crippen LogP contribution in [0.1, 0.15) is 181 Å². The molecule has 0 saturated carbocycles. The zero-order valence-electron chi connectivity index (χ0n) is 36.2. The van der Waals surface area contributed by atoms with Gasteiger partial charge in [-0.05, 0) is 77.0 Å². The number of aliphatic hydroxyl groups excluding tert-OH is 2. The van der Waals surface area contributed by atoms with Crippen LogP contribution in [-0.4, -0.2) is 77.9 Å². The normalized spacial score (nSPS) is 17.7. The Kier molecular flexibility index (Phi) is 35.2. The van der Waals surface area contributed by atoms with Gasteiger partial charge >= 0.3 is 19.8 Å². The zero-order valence-corrected chi connectivity index (χ0v) is 37.1. The Balaban J connectivity index is 2.27. The van der Waals surface area contributed by atoms with Crippen molar-refractivity contribution in [3.05, 3.63) is 48.6 Å². The molecular formula is C46H81O11P. The molecule has 1 heterocycles. The van der Waals surface area contributed by atoms with Gasteiger partial charge < -0.3 is 29.3 Å². The predicted molar refractivity (Wildman–Crippen MR) is 232 cm³/mol. The van der Waals surface area contributed by atoms with Crippen molar-refractivity contribution in [1.29, 1.82) is 0 Å². The van der Waals surface area contributed by atoms with Crippen LogP contribution in [0.3, 0.4) is 0 Å². The molecule has 58 heavy (non-hydrogen) atoms. The van der Waals surface area contributed by atoms with Crippen molar-refractivity contribution in [2.24, 2.45) is 0 Å². The molecule has 12 heteroatoms. The molecule has 3 unspecified atom stereocenters. The van der Waals surface area contributed by atoms with Crippen LogP contribution in [0.4, 0.5) is 0 Å². The minimum atomic E-state index is -4.64. The Morgan fingerprint density at radius 3 is 1.71 bits per heavy atom. The predicted octanol–water partition coefficient (Wildman–Crippen LogP) is 11.1. The molecule has 1 aliphatic heterocycles. The van der Waals surface area contributed by atoms with Crippen LogP contribution < -0.4 is 0 Å². The SMILES string of the molecule is CCCCC/C=C\CC1OC1C/C=C\C/C=C\CCCC(=O)OC[C@H](COP(=O)(O)OC[C@@H](O)CO)OC(=O)CCCCCCCCC/C=C\CCCCCCCC. The zero-order chi connectivity index (χ0) is 42.4. The van der Waals surface area contributed by atoms with Crippen LogP contribution in [0.15, 0.2) is 48.6 Å². The van der Waals surface area contributed by atoms with Gasteiger partial charge in [-0.15, -0.1) is 0 Å². The van der Waals surface area contributed by atoms with Crippen LogP contribution in [0, 0.1) is 0 Å². The maximum Gasteiger partial charge on any atom is 0.472 e. The number of phosphoric ester groups is 1. The molecule has 5 atom stereocenters. The van der Waals surface area contributed by atoms with E-state index in [1.165, 1.54) is 83.5 Å². The number of esters is 2. The first kappa shape index (κ1) is 53.9. The van der Waals surface area contributed by atoms with E-state index in [-0.39, 0.29) is 19.4 Å². The van der Waals surface area contributed by atoms with Gasteiger partial charge in [0.25, 0.3) is 0 Å². The molecule has 1 aliphatic rings. The minimum absolute atomic E-state index is 0.158. The van der Waals surface area contributed by atoms with Crippen molar-refractivity contribution in [1.82, 2.24) is 0 Å². The molecule has 0 radical (unpaired) electrons. The minimum Gasteiger partial charge on any atom is -0.462 e. The van der Waals surface area contributed by atoms with Crippen LogP contribution in [-0.2, 0) is 37.4 Å². The van der Waals surface area contributed by atoms with Gasteiger partial charge in [0.1, 0.15) is 12.7 Å². The molecule has 0 spiro atoms. The lowest BCUT2D eigenvalue weighted by Crippen LogP contribution is -2.29. The molecule has 336 valence electrons. The topological polar surface area (TPSA) is 161 Å². The molecule has 3 N–H and O–H groups in total. The molecule has 0 aromatic rings. The van der Waals surface area contributed by atoms with E-state index in [2.05, 4.69) is 60.9 Å². The second-order valence-corrected chi connectivity index (χ2v) is 16.9. The lowest BCUT2D eigenvalue weighted by Gasteiger charge is -2.20. The van der Waals surface area contributed by atoms with Crippen molar-refractivity contribution in [3.8, 4) is 0 Å². The van der Waals surface area contributed by atoms with E-state index >= 15 is 0 Å². The van der Waals surface area contributed by atoms with Crippen LogP contribution in [0.2, 0.25) is 0 Å². The number of phosphoric acid groups is 1. The first-order valence-electron chi connectivity index (χ1n) is 22.7. The molecule has 1 fully saturated rings. The monoisotopic (exact) mass is 841 g/mol. The maximum absolute atomic E-state index is 12.6. The number of rotatable bonds is 41. The van der Waals surface area contributed by atoms with Gasteiger partial charge in [0.2, 0.25) is 0 Å². The Morgan fingerprint density at radius 1 is 0.603 bits per heavy atom. The number of carbonyl (C=O) groups is 2. The Bertz CT molecular complexity index is 1170. The summed E-state index contributed by atoms with van der Waals surface area (Å²) < 4.78 is 38.4. The molecule has 0 bridgehead atoms. The lowest BCUT2D eigenvalue weighted by molar-refractivity contribution is -0.161. The van der Waals surface area contributed by atoms with Crippen molar-refractivity contribution < 1.29 is 52.5 Å². The van der Waals surface area contributed by atoms with Crippen molar-refractivity contribution in [3.63, 3.8) is 0 Å². The first-order chi connectivity index (χ1) is 28.2. The molecule has 11 nitrogen and oxygen atoms in total. The van der Waals surface area contributed by atoms with Gasteiger partial charge in [0, 0.05) is 12.8 Å². The molecule has 1 rings (SSSR count). The smallest absolute Gasteiger partial charge is 0.462 e. The van der Waals surface area contributed by atoms with Crippen molar-refractivity contribution in [2.45, 2.75) is 205 Å². The summed E-state index contributed by atoms with van der Waals surface area (Å²) in [5, 5.41) is 18.4. The van der Waals surface area contributed by atoms with E-state index in [0.29, 0.717) is 31.5 Å². The molecule has 0 aliphatic carbocycles. The van der Waals surface area contributed by atoms with Gasteiger partial charge in [-0.3, -0.25) is 18.6 Å². The van der Waals surface area contributed by atoms with Crippen molar-refractivity contribution >= 4 is 19.8 Å². The number of carbonyl (C=O) groups excluding carboxylic acids is 2. The Labute approximate surface area is 351 Å². The molecule has 1 saturated heterocycles. The number of hydrogen-bond acceptors (Lipinski definition) is 10. The fourth-order valence-electron chi connectivity index (χ4n) is 6.20. The second kappa shape index (κ2) is 37.9. The average Bonchev–Trinajstić information content (AvgIpc) is 3.97.